The molecular formula is C22H30N4O5. The Hall–Kier alpha value is -3.85. The van der Waals surface area contributed by atoms with Gasteiger partial charge < -0.3 is 32.1 Å². The van der Waals surface area contributed by atoms with Crippen LogP contribution in [0.1, 0.15) is 31.1 Å². The molecule has 0 aromatic heterocycles. The van der Waals surface area contributed by atoms with Crippen LogP contribution in [0.2, 0.25) is 0 Å². The van der Waals surface area contributed by atoms with E-state index in [-0.39, 0.29) is 28.7 Å². The summed E-state index contributed by atoms with van der Waals surface area (Å²) in [5, 5.41) is 29.9. The van der Waals surface area contributed by atoms with Gasteiger partial charge in [0, 0.05) is 28.8 Å². The number of phenols is 2. The first-order valence-corrected chi connectivity index (χ1v) is 9.18. The first-order chi connectivity index (χ1) is 14.5. The smallest absolute Gasteiger partial charge is 0.347 e. The van der Waals surface area contributed by atoms with E-state index in [1.54, 1.807) is 24.3 Å². The highest BCUT2D eigenvalue weighted by molar-refractivity contribution is 6.03. The molecule has 0 spiro atoms. The van der Waals surface area contributed by atoms with Crippen LogP contribution in [0.25, 0.3) is 0 Å². The Morgan fingerprint density at radius 3 is 2.00 bits per heavy atom. The van der Waals surface area contributed by atoms with Crippen molar-refractivity contribution < 1.29 is 24.9 Å². The minimum Gasteiger partial charge on any atom is -0.512 e. The zero-order valence-electron chi connectivity index (χ0n) is 18.0. The molecule has 9 heteroatoms. The number of aldehydes is 1. The number of anilines is 1. The Kier molecular flexibility index (Phi) is 11.7. The van der Waals surface area contributed by atoms with E-state index < -0.39 is 11.4 Å². The van der Waals surface area contributed by atoms with Gasteiger partial charge in [0.15, 0.2) is 0 Å². The molecule has 0 saturated heterocycles. The van der Waals surface area contributed by atoms with Crippen LogP contribution in [0.5, 0.6) is 11.5 Å². The number of aliphatic hydroxyl groups excluding tert-OH is 1. The number of nitrogens with zero attached hydrogens (tertiary/aromatic N) is 1. The van der Waals surface area contributed by atoms with Crippen LogP contribution < -0.4 is 16.8 Å². The Morgan fingerprint density at radius 1 is 1.03 bits per heavy atom. The minimum absolute atomic E-state index is 0.0409. The lowest BCUT2D eigenvalue weighted by Gasteiger charge is -2.16. The molecule has 0 aliphatic rings. The molecular weight excluding hydrogens is 400 g/mol. The maximum absolute atomic E-state index is 11.6. The fourth-order valence-corrected chi connectivity index (χ4v) is 1.87. The second-order valence-corrected chi connectivity index (χ2v) is 7.01. The van der Waals surface area contributed by atoms with Crippen LogP contribution in [0, 0.1) is 5.41 Å². The molecule has 0 aliphatic carbocycles. The summed E-state index contributed by atoms with van der Waals surface area (Å²) in [5.74, 6) is -0.189. The Balaban J connectivity index is 0.000000628. The number of benzene rings is 2. The third-order valence-electron chi connectivity index (χ3n) is 3.37. The van der Waals surface area contributed by atoms with Crippen LogP contribution >= 0.6 is 0 Å². The van der Waals surface area contributed by atoms with E-state index in [2.05, 4.69) is 16.0 Å². The van der Waals surface area contributed by atoms with E-state index in [0.717, 1.165) is 6.07 Å². The molecule has 8 N–H and O–H groups in total. The topological polar surface area (TPSA) is 171 Å². The summed E-state index contributed by atoms with van der Waals surface area (Å²) in [7, 11) is 1.50. The average molecular weight is 431 g/mol. The van der Waals surface area contributed by atoms with Gasteiger partial charge in [0.05, 0.1) is 0 Å². The zero-order chi connectivity index (χ0) is 24.0. The predicted molar refractivity (Wildman–Crippen MR) is 123 cm³/mol. The second-order valence-electron chi connectivity index (χ2n) is 7.01. The Bertz CT molecular complexity index is 884. The quantitative estimate of drug-likeness (QED) is 0.187. The standard InChI is InChI=1S/C14H19N3O2.C7H6O3.CH5N/c1-14(2,3)11(18)9-12(15)17-13(19)16-10-7-5-4-6-8-10;8-4-5-1-6(9)3-7(10)2-5;1-2/h4-9,18H,1-3H3,(H3,15,16,17,19);1-4,9-10H;2H2,1H3/b11-9-;;. The third-order valence-corrected chi connectivity index (χ3v) is 3.37. The number of carbonyl (C=O) groups is 2. The number of aliphatic imine (C=N–C) groups is 1. The van der Waals surface area contributed by atoms with Gasteiger partial charge in [-0.25, -0.2) is 4.79 Å². The molecule has 0 radical (unpaired) electrons. The molecule has 0 atom stereocenters. The molecule has 9 nitrogen and oxygen atoms in total. The lowest BCUT2D eigenvalue weighted by molar-refractivity contribution is 0.112. The summed E-state index contributed by atoms with van der Waals surface area (Å²) in [6.45, 7) is 5.49. The van der Waals surface area contributed by atoms with Gasteiger partial charge in [-0.2, -0.15) is 4.99 Å². The molecule has 0 bridgehead atoms. The number of nitrogens with two attached hydrogens (primary N) is 2. The lowest BCUT2D eigenvalue weighted by atomic mass is 9.93. The number of hydrogen-bond donors (Lipinski definition) is 6. The molecule has 0 unspecified atom stereocenters. The van der Waals surface area contributed by atoms with Crippen molar-refractivity contribution in [2.75, 3.05) is 12.4 Å². The fourth-order valence-electron chi connectivity index (χ4n) is 1.87. The zero-order valence-corrected chi connectivity index (χ0v) is 18.0. The number of nitrogens with one attached hydrogen (secondary N) is 1. The van der Waals surface area contributed by atoms with Crippen molar-refractivity contribution in [2.45, 2.75) is 20.8 Å². The Morgan fingerprint density at radius 2 is 1.55 bits per heavy atom. The van der Waals surface area contributed by atoms with Crippen LogP contribution in [0.4, 0.5) is 10.5 Å². The SMILES string of the molecule is CC(C)(C)/C(O)=C/C(N)=N\C(=O)Nc1ccccc1.CN.O=Cc1cc(O)cc(O)c1. The third kappa shape index (κ3) is 11.7. The van der Waals surface area contributed by atoms with Crippen LogP contribution in [-0.4, -0.2) is 40.5 Å². The van der Waals surface area contributed by atoms with Gasteiger partial charge in [-0.3, -0.25) is 4.79 Å². The number of allylic oxidation sites excluding steroid dienone is 1. The molecule has 0 heterocycles. The summed E-state index contributed by atoms with van der Waals surface area (Å²) in [6.07, 6.45) is 1.84. The van der Waals surface area contributed by atoms with E-state index >= 15 is 0 Å². The molecule has 2 aromatic rings. The molecule has 2 aromatic carbocycles. The van der Waals surface area contributed by atoms with Gasteiger partial charge in [0.1, 0.15) is 29.4 Å². The van der Waals surface area contributed by atoms with E-state index in [1.807, 2.05) is 26.8 Å². The number of rotatable bonds is 3. The summed E-state index contributed by atoms with van der Waals surface area (Å²) in [6, 6.07) is 12.0. The van der Waals surface area contributed by atoms with Crippen molar-refractivity contribution in [3.63, 3.8) is 0 Å². The first-order valence-electron chi connectivity index (χ1n) is 9.18. The average Bonchev–Trinajstić information content (AvgIpc) is 2.69. The van der Waals surface area contributed by atoms with Crippen LogP contribution in [0.3, 0.4) is 0 Å². The van der Waals surface area contributed by atoms with Gasteiger partial charge in [0.2, 0.25) is 0 Å². The highest BCUT2D eigenvalue weighted by Gasteiger charge is 2.16. The van der Waals surface area contributed by atoms with Crippen molar-refractivity contribution in [3.8, 4) is 11.5 Å². The van der Waals surface area contributed by atoms with Gasteiger partial charge in [-0.1, -0.05) is 39.0 Å². The number of urea groups is 1. The normalized spacial score (nSPS) is 11.3. The molecule has 2 amide bonds. The van der Waals surface area contributed by atoms with Gasteiger partial charge in [-0.05, 0) is 31.3 Å². The molecule has 31 heavy (non-hydrogen) atoms. The Labute approximate surface area is 181 Å². The number of amidine groups is 1. The summed E-state index contributed by atoms with van der Waals surface area (Å²) in [5.41, 5.74) is 10.5. The van der Waals surface area contributed by atoms with E-state index in [0.29, 0.717) is 12.0 Å². The first kappa shape index (κ1) is 27.2. The van der Waals surface area contributed by atoms with E-state index in [1.165, 1.54) is 25.3 Å². The van der Waals surface area contributed by atoms with Gasteiger partial charge >= 0.3 is 6.03 Å². The molecule has 0 fully saturated rings. The fraction of sp³-hybridized carbons (Fsp3) is 0.227. The largest absolute Gasteiger partial charge is 0.512 e. The van der Waals surface area contributed by atoms with Gasteiger partial charge in [-0.15, -0.1) is 0 Å². The molecule has 0 aliphatic heterocycles. The number of amides is 2. The monoisotopic (exact) mass is 430 g/mol. The van der Waals surface area contributed by atoms with Crippen molar-refractivity contribution in [1.29, 1.82) is 0 Å². The molecule has 2 rings (SSSR count). The number of aliphatic hydroxyl groups is 1. The van der Waals surface area contributed by atoms with Crippen molar-refractivity contribution in [3.05, 3.63) is 65.9 Å². The van der Waals surface area contributed by atoms with Crippen molar-refractivity contribution >= 4 is 23.8 Å². The number of carbonyl (C=O) groups excluding carboxylic acids is 2. The second kappa shape index (κ2) is 13.4. The summed E-state index contributed by atoms with van der Waals surface area (Å²) >= 11 is 0. The van der Waals surface area contributed by atoms with E-state index in [9.17, 15) is 14.7 Å². The molecule has 0 saturated carbocycles. The van der Waals surface area contributed by atoms with Crippen molar-refractivity contribution in [1.82, 2.24) is 0 Å². The number of phenolic OH excluding ortho intramolecular Hbond substituents is 2. The number of aromatic hydroxyl groups is 2. The highest BCUT2D eigenvalue weighted by Crippen LogP contribution is 2.22. The van der Waals surface area contributed by atoms with E-state index in [4.69, 9.17) is 15.9 Å². The summed E-state index contributed by atoms with van der Waals surface area (Å²) in [4.78, 5) is 25.3. The van der Waals surface area contributed by atoms with Gasteiger partial charge in [0.25, 0.3) is 0 Å². The highest BCUT2D eigenvalue weighted by atomic mass is 16.3. The van der Waals surface area contributed by atoms with Crippen LogP contribution in [-0.2, 0) is 0 Å². The van der Waals surface area contributed by atoms with Crippen LogP contribution in [0.15, 0.2) is 65.4 Å². The molecule has 168 valence electrons. The maximum Gasteiger partial charge on any atom is 0.347 e. The predicted octanol–water partition coefficient (Wildman–Crippen LogP) is 3.55. The number of hydrogen-bond acceptors (Lipinski definition) is 6. The van der Waals surface area contributed by atoms with Crippen molar-refractivity contribution in [2.24, 2.45) is 21.9 Å². The number of para-hydroxylation sites is 1. The lowest BCUT2D eigenvalue weighted by Crippen LogP contribution is -2.18. The minimum atomic E-state index is -0.582. The maximum atomic E-state index is 11.6. The summed E-state index contributed by atoms with van der Waals surface area (Å²) < 4.78 is 0.